The van der Waals surface area contributed by atoms with Gasteiger partial charge >= 0.3 is 12.0 Å². The Morgan fingerprint density at radius 3 is 2.30 bits per heavy atom. The number of carboxylic acids is 1. The van der Waals surface area contributed by atoms with Gasteiger partial charge in [0.1, 0.15) is 0 Å². The Balaban J connectivity index is 2.84. The Hall–Kier alpha value is -2.04. The molecule has 0 unspecified atom stereocenters. The molecular formula is C15H22N2O3. The Morgan fingerprint density at radius 1 is 1.20 bits per heavy atom. The van der Waals surface area contributed by atoms with E-state index in [0.717, 1.165) is 12.8 Å². The van der Waals surface area contributed by atoms with E-state index in [1.807, 2.05) is 13.8 Å². The molecule has 1 aromatic rings. The Kier molecular flexibility index (Phi) is 6.03. The van der Waals surface area contributed by atoms with E-state index in [2.05, 4.69) is 5.32 Å². The Labute approximate surface area is 119 Å². The van der Waals surface area contributed by atoms with Crippen LogP contribution in [0.1, 0.15) is 42.6 Å². The van der Waals surface area contributed by atoms with Gasteiger partial charge in [0.05, 0.1) is 5.56 Å². The summed E-state index contributed by atoms with van der Waals surface area (Å²) in [6.45, 7) is 7.15. The number of hydrogen-bond acceptors (Lipinski definition) is 2. The van der Waals surface area contributed by atoms with Crippen molar-refractivity contribution in [2.24, 2.45) is 0 Å². The minimum atomic E-state index is -0.988. The molecule has 2 amide bonds. The Morgan fingerprint density at radius 2 is 1.80 bits per heavy atom. The highest BCUT2D eigenvalue weighted by Gasteiger charge is 2.13. The first-order valence-electron chi connectivity index (χ1n) is 6.89. The van der Waals surface area contributed by atoms with E-state index in [1.165, 1.54) is 6.07 Å². The summed E-state index contributed by atoms with van der Waals surface area (Å²) in [4.78, 5) is 24.9. The highest BCUT2D eigenvalue weighted by Crippen LogP contribution is 2.16. The van der Waals surface area contributed by atoms with Crippen molar-refractivity contribution in [1.82, 2.24) is 4.90 Å². The molecule has 110 valence electrons. The molecule has 0 bridgehead atoms. The molecule has 0 fully saturated rings. The summed E-state index contributed by atoms with van der Waals surface area (Å²) < 4.78 is 0. The van der Waals surface area contributed by atoms with Crippen LogP contribution in [-0.2, 0) is 0 Å². The number of anilines is 1. The van der Waals surface area contributed by atoms with Crippen LogP contribution in [0.25, 0.3) is 0 Å². The summed E-state index contributed by atoms with van der Waals surface area (Å²) >= 11 is 0. The second kappa shape index (κ2) is 7.53. The zero-order valence-electron chi connectivity index (χ0n) is 12.3. The van der Waals surface area contributed by atoms with Gasteiger partial charge in [-0.25, -0.2) is 9.59 Å². The van der Waals surface area contributed by atoms with Crippen LogP contribution in [0.3, 0.4) is 0 Å². The van der Waals surface area contributed by atoms with Gasteiger partial charge in [0, 0.05) is 18.8 Å². The van der Waals surface area contributed by atoms with Crippen molar-refractivity contribution in [2.45, 2.75) is 33.6 Å². The van der Waals surface area contributed by atoms with Gasteiger partial charge in [-0.3, -0.25) is 0 Å². The van der Waals surface area contributed by atoms with Crippen LogP contribution < -0.4 is 5.32 Å². The maximum absolute atomic E-state index is 12.1. The number of rotatable bonds is 6. The van der Waals surface area contributed by atoms with E-state index < -0.39 is 5.97 Å². The SMILES string of the molecule is CCCN(CCC)C(=O)Nc1ccc(C)c(C(=O)O)c1. The molecule has 0 spiro atoms. The quantitative estimate of drug-likeness (QED) is 0.838. The molecule has 0 heterocycles. The fraction of sp³-hybridized carbons (Fsp3) is 0.467. The Bertz CT molecular complexity index is 480. The van der Waals surface area contributed by atoms with Gasteiger partial charge in [-0.05, 0) is 37.5 Å². The van der Waals surface area contributed by atoms with Crippen LogP contribution in [0.5, 0.6) is 0 Å². The average molecular weight is 278 g/mol. The molecule has 0 aliphatic carbocycles. The molecule has 0 atom stereocenters. The summed E-state index contributed by atoms with van der Waals surface area (Å²) in [6.07, 6.45) is 1.78. The topological polar surface area (TPSA) is 69.6 Å². The van der Waals surface area contributed by atoms with Crippen molar-refractivity contribution < 1.29 is 14.7 Å². The highest BCUT2D eigenvalue weighted by molar-refractivity contribution is 5.94. The van der Waals surface area contributed by atoms with Crippen LogP contribution in [0, 0.1) is 6.92 Å². The predicted octanol–water partition coefficient (Wildman–Crippen LogP) is 3.35. The molecule has 2 N–H and O–H groups in total. The molecule has 0 aromatic heterocycles. The number of carbonyl (C=O) groups is 2. The van der Waals surface area contributed by atoms with E-state index in [-0.39, 0.29) is 11.6 Å². The summed E-state index contributed by atoms with van der Waals surface area (Å²) in [5, 5.41) is 11.8. The lowest BCUT2D eigenvalue weighted by Crippen LogP contribution is -2.36. The minimum absolute atomic E-state index is 0.186. The largest absolute Gasteiger partial charge is 0.478 e. The van der Waals surface area contributed by atoms with E-state index in [1.54, 1.807) is 24.0 Å². The number of carbonyl (C=O) groups excluding carboxylic acids is 1. The number of nitrogens with one attached hydrogen (secondary N) is 1. The molecule has 0 saturated heterocycles. The monoisotopic (exact) mass is 278 g/mol. The summed E-state index contributed by atoms with van der Waals surface area (Å²) in [6, 6.07) is 4.72. The third-order valence-electron chi connectivity index (χ3n) is 2.99. The maximum atomic E-state index is 12.1. The molecule has 1 rings (SSSR count). The first kappa shape index (κ1) is 16.0. The highest BCUT2D eigenvalue weighted by atomic mass is 16.4. The van der Waals surface area contributed by atoms with Crippen LogP contribution in [0.4, 0.5) is 10.5 Å². The smallest absolute Gasteiger partial charge is 0.336 e. The van der Waals surface area contributed by atoms with Gasteiger partial charge in [0.25, 0.3) is 0 Å². The van der Waals surface area contributed by atoms with E-state index in [9.17, 15) is 9.59 Å². The molecule has 0 aliphatic heterocycles. The molecule has 20 heavy (non-hydrogen) atoms. The number of aryl methyl sites for hydroxylation is 1. The number of amides is 2. The molecule has 5 heteroatoms. The maximum Gasteiger partial charge on any atom is 0.336 e. The summed E-state index contributed by atoms with van der Waals surface area (Å²) in [5.41, 5.74) is 1.39. The first-order chi connectivity index (χ1) is 9.49. The lowest BCUT2D eigenvalue weighted by molar-refractivity contribution is 0.0696. The zero-order chi connectivity index (χ0) is 15.1. The number of nitrogens with zero attached hydrogens (tertiary/aromatic N) is 1. The molecule has 5 nitrogen and oxygen atoms in total. The lowest BCUT2D eigenvalue weighted by atomic mass is 10.1. The number of aromatic carboxylic acids is 1. The van der Waals surface area contributed by atoms with Crippen LogP contribution in [0.15, 0.2) is 18.2 Å². The van der Waals surface area contributed by atoms with Gasteiger partial charge in [0.2, 0.25) is 0 Å². The van der Waals surface area contributed by atoms with Crippen molar-refractivity contribution in [3.8, 4) is 0 Å². The fourth-order valence-electron chi connectivity index (χ4n) is 1.99. The van der Waals surface area contributed by atoms with Crippen molar-refractivity contribution in [1.29, 1.82) is 0 Å². The van der Waals surface area contributed by atoms with Crippen LogP contribution >= 0.6 is 0 Å². The minimum Gasteiger partial charge on any atom is -0.478 e. The van der Waals surface area contributed by atoms with Gasteiger partial charge in [-0.2, -0.15) is 0 Å². The van der Waals surface area contributed by atoms with E-state index in [0.29, 0.717) is 24.3 Å². The third-order valence-corrected chi connectivity index (χ3v) is 2.99. The van der Waals surface area contributed by atoms with Crippen LogP contribution in [-0.4, -0.2) is 35.1 Å². The number of benzene rings is 1. The fourth-order valence-corrected chi connectivity index (χ4v) is 1.99. The van der Waals surface area contributed by atoms with Crippen LogP contribution in [0.2, 0.25) is 0 Å². The average Bonchev–Trinajstić information content (AvgIpc) is 2.40. The molecular weight excluding hydrogens is 256 g/mol. The van der Waals surface area contributed by atoms with E-state index >= 15 is 0 Å². The van der Waals surface area contributed by atoms with E-state index in [4.69, 9.17) is 5.11 Å². The van der Waals surface area contributed by atoms with Gasteiger partial charge in [-0.15, -0.1) is 0 Å². The van der Waals surface area contributed by atoms with Gasteiger partial charge in [-0.1, -0.05) is 19.9 Å². The molecule has 0 saturated carbocycles. The second-order valence-electron chi connectivity index (χ2n) is 4.75. The predicted molar refractivity (Wildman–Crippen MR) is 79.3 cm³/mol. The van der Waals surface area contributed by atoms with Crippen molar-refractivity contribution in [3.63, 3.8) is 0 Å². The van der Waals surface area contributed by atoms with Crippen molar-refractivity contribution in [2.75, 3.05) is 18.4 Å². The zero-order valence-corrected chi connectivity index (χ0v) is 12.3. The lowest BCUT2D eigenvalue weighted by Gasteiger charge is -2.22. The molecule has 1 aromatic carbocycles. The van der Waals surface area contributed by atoms with Gasteiger partial charge in [0.15, 0.2) is 0 Å². The second-order valence-corrected chi connectivity index (χ2v) is 4.75. The number of urea groups is 1. The van der Waals surface area contributed by atoms with Crippen molar-refractivity contribution in [3.05, 3.63) is 29.3 Å². The molecule has 0 aliphatic rings. The standard InChI is InChI=1S/C15H22N2O3/c1-4-8-17(9-5-2)15(20)16-12-7-6-11(3)13(10-12)14(18)19/h6-7,10H,4-5,8-9H2,1-3H3,(H,16,20)(H,18,19). The number of carboxylic acid groups (broad SMARTS) is 1. The normalized spacial score (nSPS) is 10.2. The first-order valence-corrected chi connectivity index (χ1v) is 6.89. The third kappa shape index (κ3) is 4.26. The number of hydrogen-bond donors (Lipinski definition) is 2. The molecule has 0 radical (unpaired) electrons. The van der Waals surface area contributed by atoms with Gasteiger partial charge < -0.3 is 15.3 Å². The van der Waals surface area contributed by atoms with Crippen molar-refractivity contribution >= 4 is 17.7 Å². The summed E-state index contributed by atoms with van der Waals surface area (Å²) in [5.74, 6) is -0.988. The summed E-state index contributed by atoms with van der Waals surface area (Å²) in [7, 11) is 0.